The van der Waals surface area contributed by atoms with Crippen molar-refractivity contribution in [1.82, 2.24) is 14.9 Å². The van der Waals surface area contributed by atoms with Crippen LogP contribution in [0.3, 0.4) is 0 Å². The first-order valence-corrected chi connectivity index (χ1v) is 9.17. The first kappa shape index (κ1) is 17.4. The molecule has 1 fully saturated rings. The van der Waals surface area contributed by atoms with Crippen molar-refractivity contribution in [3.05, 3.63) is 35.7 Å². The number of aromatic nitrogens is 2. The molecule has 0 aliphatic carbocycles. The van der Waals surface area contributed by atoms with Gasteiger partial charge < -0.3 is 24.6 Å². The van der Waals surface area contributed by atoms with Crippen LogP contribution in [-0.4, -0.2) is 60.3 Å². The minimum Gasteiger partial charge on any atom is -0.454 e. The molecular formula is C19H23N5O3. The molecule has 1 saturated heterocycles. The summed E-state index contributed by atoms with van der Waals surface area (Å²) >= 11 is 0. The number of aryl methyl sites for hydroxylation is 1. The van der Waals surface area contributed by atoms with Gasteiger partial charge in [0.05, 0.1) is 0 Å². The number of fused-ring (bicyclic) bond motifs is 1. The summed E-state index contributed by atoms with van der Waals surface area (Å²) in [6, 6.07) is 7.30. The maximum atomic E-state index is 12.8. The molecule has 2 aliphatic heterocycles. The third-order valence-electron chi connectivity index (χ3n) is 4.69. The number of hydrogen-bond donors (Lipinski definition) is 1. The maximum Gasteiger partial charge on any atom is 0.254 e. The fraction of sp³-hybridized carbons (Fsp3) is 0.421. The highest BCUT2D eigenvalue weighted by Crippen LogP contribution is 2.33. The van der Waals surface area contributed by atoms with Crippen molar-refractivity contribution in [2.75, 3.05) is 49.7 Å². The summed E-state index contributed by atoms with van der Waals surface area (Å²) < 4.78 is 10.7. The van der Waals surface area contributed by atoms with Crippen LogP contribution in [0.2, 0.25) is 0 Å². The monoisotopic (exact) mass is 369 g/mol. The van der Waals surface area contributed by atoms with Gasteiger partial charge in [0.1, 0.15) is 17.5 Å². The van der Waals surface area contributed by atoms with Crippen LogP contribution in [0.5, 0.6) is 11.5 Å². The van der Waals surface area contributed by atoms with E-state index in [1.54, 1.807) is 18.2 Å². The van der Waals surface area contributed by atoms with Crippen molar-refractivity contribution >= 4 is 17.5 Å². The molecule has 0 bridgehead atoms. The summed E-state index contributed by atoms with van der Waals surface area (Å²) in [7, 11) is 0. The number of carbonyl (C=O) groups is 1. The second kappa shape index (κ2) is 7.30. The molecule has 27 heavy (non-hydrogen) atoms. The lowest BCUT2D eigenvalue weighted by molar-refractivity contribution is 0.0746. The number of rotatable bonds is 4. The molecule has 2 aromatic rings. The summed E-state index contributed by atoms with van der Waals surface area (Å²) in [5.41, 5.74) is 0.625. The summed E-state index contributed by atoms with van der Waals surface area (Å²) in [4.78, 5) is 25.8. The van der Waals surface area contributed by atoms with Gasteiger partial charge in [0.25, 0.3) is 5.91 Å². The van der Waals surface area contributed by atoms with E-state index in [2.05, 4.69) is 20.2 Å². The van der Waals surface area contributed by atoms with Crippen LogP contribution in [0, 0.1) is 6.92 Å². The molecule has 3 heterocycles. The first-order chi connectivity index (χ1) is 13.1. The lowest BCUT2D eigenvalue weighted by Gasteiger charge is -2.35. The first-order valence-electron chi connectivity index (χ1n) is 9.17. The molecule has 4 rings (SSSR count). The van der Waals surface area contributed by atoms with Gasteiger partial charge in [0, 0.05) is 44.4 Å². The predicted molar refractivity (Wildman–Crippen MR) is 102 cm³/mol. The fourth-order valence-electron chi connectivity index (χ4n) is 3.34. The molecule has 142 valence electrons. The third-order valence-corrected chi connectivity index (χ3v) is 4.69. The van der Waals surface area contributed by atoms with Crippen LogP contribution in [0.25, 0.3) is 0 Å². The van der Waals surface area contributed by atoms with E-state index in [0.29, 0.717) is 30.2 Å². The van der Waals surface area contributed by atoms with Gasteiger partial charge in [-0.3, -0.25) is 4.79 Å². The van der Waals surface area contributed by atoms with Crippen LogP contribution in [0.1, 0.15) is 23.1 Å². The smallest absolute Gasteiger partial charge is 0.254 e. The number of nitrogens with zero attached hydrogens (tertiary/aromatic N) is 4. The molecule has 1 aromatic carbocycles. The topological polar surface area (TPSA) is 79.8 Å². The lowest BCUT2D eigenvalue weighted by atomic mass is 10.1. The SMILES string of the molecule is CCNc1cc(N2CCN(C(=O)c3ccc4c(c3)OCO4)CC2)nc(C)n1. The molecule has 0 saturated carbocycles. The normalized spacial score (nSPS) is 15.8. The molecule has 1 amide bonds. The van der Waals surface area contributed by atoms with E-state index in [1.165, 1.54) is 0 Å². The summed E-state index contributed by atoms with van der Waals surface area (Å²) in [5, 5.41) is 3.23. The summed E-state index contributed by atoms with van der Waals surface area (Å²) in [6.07, 6.45) is 0. The van der Waals surface area contributed by atoms with Gasteiger partial charge in [0.15, 0.2) is 11.5 Å². The number of amides is 1. The highest BCUT2D eigenvalue weighted by Gasteiger charge is 2.25. The Bertz CT molecular complexity index is 849. The molecule has 0 atom stereocenters. The Morgan fingerprint density at radius 1 is 1.11 bits per heavy atom. The average molecular weight is 369 g/mol. The average Bonchev–Trinajstić information content (AvgIpc) is 3.15. The molecule has 2 aliphatic rings. The second-order valence-electron chi connectivity index (χ2n) is 6.54. The molecule has 0 unspecified atom stereocenters. The van der Waals surface area contributed by atoms with Crippen molar-refractivity contribution in [3.8, 4) is 11.5 Å². The van der Waals surface area contributed by atoms with Crippen LogP contribution < -0.4 is 19.7 Å². The minimum atomic E-state index is 0.0140. The minimum absolute atomic E-state index is 0.0140. The van der Waals surface area contributed by atoms with Gasteiger partial charge in [-0.1, -0.05) is 0 Å². The highest BCUT2D eigenvalue weighted by molar-refractivity contribution is 5.95. The molecule has 0 spiro atoms. The molecule has 8 nitrogen and oxygen atoms in total. The fourth-order valence-corrected chi connectivity index (χ4v) is 3.34. The van der Waals surface area contributed by atoms with Crippen LogP contribution in [-0.2, 0) is 0 Å². The number of anilines is 2. The van der Waals surface area contributed by atoms with E-state index >= 15 is 0 Å². The molecular weight excluding hydrogens is 346 g/mol. The Morgan fingerprint density at radius 3 is 2.67 bits per heavy atom. The van der Waals surface area contributed by atoms with E-state index < -0.39 is 0 Å². The van der Waals surface area contributed by atoms with Crippen molar-refractivity contribution in [2.24, 2.45) is 0 Å². The van der Waals surface area contributed by atoms with Gasteiger partial charge in [-0.2, -0.15) is 0 Å². The zero-order valence-electron chi connectivity index (χ0n) is 15.6. The Labute approximate surface area is 158 Å². The second-order valence-corrected chi connectivity index (χ2v) is 6.54. The van der Waals surface area contributed by atoms with Crippen LogP contribution >= 0.6 is 0 Å². The quantitative estimate of drug-likeness (QED) is 0.882. The Kier molecular flexibility index (Phi) is 4.70. The van der Waals surface area contributed by atoms with Gasteiger partial charge in [-0.05, 0) is 32.0 Å². The van der Waals surface area contributed by atoms with E-state index in [1.807, 2.05) is 24.8 Å². The lowest BCUT2D eigenvalue weighted by Crippen LogP contribution is -2.49. The van der Waals surface area contributed by atoms with E-state index in [-0.39, 0.29) is 12.7 Å². The molecule has 8 heteroatoms. The zero-order valence-corrected chi connectivity index (χ0v) is 15.6. The highest BCUT2D eigenvalue weighted by atomic mass is 16.7. The van der Waals surface area contributed by atoms with Crippen molar-refractivity contribution in [3.63, 3.8) is 0 Å². The molecule has 1 aromatic heterocycles. The number of ether oxygens (including phenoxy) is 2. The summed E-state index contributed by atoms with van der Waals surface area (Å²) in [6.45, 7) is 7.71. The van der Waals surface area contributed by atoms with Gasteiger partial charge in [0.2, 0.25) is 6.79 Å². The van der Waals surface area contributed by atoms with Crippen LogP contribution in [0.4, 0.5) is 11.6 Å². The standard InChI is InChI=1S/C19H23N5O3/c1-3-20-17-11-18(22-13(2)21-17)23-6-8-24(9-7-23)19(25)14-4-5-15-16(10-14)27-12-26-15/h4-5,10-11H,3,6-9,12H2,1-2H3,(H,20,21,22). The third kappa shape index (κ3) is 3.60. The number of hydrogen-bond acceptors (Lipinski definition) is 7. The molecule has 1 N–H and O–H groups in total. The zero-order chi connectivity index (χ0) is 18.8. The molecule has 0 radical (unpaired) electrons. The van der Waals surface area contributed by atoms with E-state index in [0.717, 1.165) is 37.1 Å². The van der Waals surface area contributed by atoms with E-state index in [9.17, 15) is 4.79 Å². The van der Waals surface area contributed by atoms with Crippen LogP contribution in [0.15, 0.2) is 24.3 Å². The number of piperazine rings is 1. The maximum absolute atomic E-state index is 12.8. The van der Waals surface area contributed by atoms with E-state index in [4.69, 9.17) is 9.47 Å². The van der Waals surface area contributed by atoms with Gasteiger partial charge in [-0.25, -0.2) is 9.97 Å². The Morgan fingerprint density at radius 2 is 1.89 bits per heavy atom. The Hall–Kier alpha value is -3.03. The Balaban J connectivity index is 1.42. The van der Waals surface area contributed by atoms with Gasteiger partial charge >= 0.3 is 0 Å². The van der Waals surface area contributed by atoms with Crippen molar-refractivity contribution in [2.45, 2.75) is 13.8 Å². The summed E-state index contributed by atoms with van der Waals surface area (Å²) in [5.74, 6) is 3.80. The largest absolute Gasteiger partial charge is 0.454 e. The van der Waals surface area contributed by atoms with Crippen molar-refractivity contribution in [1.29, 1.82) is 0 Å². The number of nitrogens with one attached hydrogen (secondary N) is 1. The van der Waals surface area contributed by atoms with Gasteiger partial charge in [-0.15, -0.1) is 0 Å². The number of carbonyl (C=O) groups excluding carboxylic acids is 1. The predicted octanol–water partition coefficient (Wildman–Crippen LogP) is 1.91. The number of benzene rings is 1. The van der Waals surface area contributed by atoms with Crippen molar-refractivity contribution < 1.29 is 14.3 Å².